The fourth-order valence-corrected chi connectivity index (χ4v) is 7.09. The van der Waals surface area contributed by atoms with Gasteiger partial charge in [0.05, 0.1) is 5.41 Å². The van der Waals surface area contributed by atoms with E-state index in [1.165, 1.54) is 4.57 Å². The van der Waals surface area contributed by atoms with Crippen LogP contribution in [0.4, 0.5) is 0 Å². The Bertz CT molecular complexity index is 1130. The number of primary amides is 1. The van der Waals surface area contributed by atoms with Crippen molar-refractivity contribution in [2.75, 3.05) is 0 Å². The van der Waals surface area contributed by atoms with Crippen molar-refractivity contribution in [2.45, 2.75) is 83.7 Å². The first-order chi connectivity index (χ1) is 14.3. The van der Waals surface area contributed by atoms with Crippen LogP contribution in [0.2, 0.25) is 0 Å². The van der Waals surface area contributed by atoms with Gasteiger partial charge in [0, 0.05) is 18.5 Å². The number of nitrogens with two attached hydrogens (primary N) is 1. The van der Waals surface area contributed by atoms with Gasteiger partial charge in [0.15, 0.2) is 5.65 Å². The highest BCUT2D eigenvalue weighted by Gasteiger charge is 2.61. The summed E-state index contributed by atoms with van der Waals surface area (Å²) in [5, 5.41) is 0. The van der Waals surface area contributed by atoms with Crippen molar-refractivity contribution < 1.29 is 4.79 Å². The van der Waals surface area contributed by atoms with E-state index in [-0.39, 0.29) is 22.6 Å². The van der Waals surface area contributed by atoms with Crippen molar-refractivity contribution in [3.63, 3.8) is 0 Å². The predicted molar refractivity (Wildman–Crippen MR) is 113 cm³/mol. The number of aromatic nitrogens is 4. The zero-order chi connectivity index (χ0) is 21.3. The Labute approximate surface area is 174 Å². The van der Waals surface area contributed by atoms with Crippen LogP contribution < -0.4 is 17.0 Å². The Balaban J connectivity index is 1.70. The minimum Gasteiger partial charge on any atom is -0.369 e. The molecule has 2 aromatic rings. The maximum Gasteiger partial charge on any atom is 0.332 e. The first-order valence-corrected chi connectivity index (χ1v) is 11.4. The van der Waals surface area contributed by atoms with E-state index in [4.69, 9.17) is 10.7 Å². The smallest absolute Gasteiger partial charge is 0.332 e. The molecule has 0 saturated heterocycles. The molecule has 0 aliphatic heterocycles. The van der Waals surface area contributed by atoms with E-state index in [1.54, 1.807) is 4.57 Å². The van der Waals surface area contributed by atoms with Gasteiger partial charge in [-0.15, -0.1) is 0 Å². The van der Waals surface area contributed by atoms with E-state index < -0.39 is 5.41 Å². The quantitative estimate of drug-likeness (QED) is 0.754. The van der Waals surface area contributed by atoms with Crippen molar-refractivity contribution in [2.24, 2.45) is 23.0 Å². The van der Waals surface area contributed by atoms with Crippen LogP contribution in [0, 0.1) is 17.3 Å². The first-order valence-electron chi connectivity index (χ1n) is 11.4. The minimum absolute atomic E-state index is 0.190. The number of nitrogens with one attached hydrogen (secondary N) is 1. The summed E-state index contributed by atoms with van der Waals surface area (Å²) in [4.78, 5) is 46.8. The molecule has 2 atom stereocenters. The summed E-state index contributed by atoms with van der Waals surface area (Å²) >= 11 is 0. The molecular weight excluding hydrogens is 382 g/mol. The molecule has 2 aromatic heterocycles. The van der Waals surface area contributed by atoms with Gasteiger partial charge < -0.3 is 10.7 Å². The number of aromatic amines is 1. The molecule has 2 unspecified atom stereocenters. The Morgan fingerprint density at radius 1 is 1.10 bits per heavy atom. The Hall–Kier alpha value is -2.38. The number of carbonyl (C=O) groups is 1. The van der Waals surface area contributed by atoms with Crippen LogP contribution >= 0.6 is 0 Å². The van der Waals surface area contributed by atoms with Crippen molar-refractivity contribution in [1.29, 1.82) is 0 Å². The molecule has 2 heterocycles. The number of rotatable bonds is 6. The lowest BCUT2D eigenvalue weighted by molar-refractivity contribution is -0.146. The van der Waals surface area contributed by atoms with Crippen molar-refractivity contribution in [1.82, 2.24) is 19.1 Å². The lowest BCUT2D eigenvalue weighted by atomic mass is 9.44. The molecule has 0 aromatic carbocycles. The lowest BCUT2D eigenvalue weighted by Crippen LogP contribution is -2.58. The number of amides is 1. The van der Waals surface area contributed by atoms with Gasteiger partial charge in [-0.3, -0.25) is 18.7 Å². The highest BCUT2D eigenvalue weighted by Crippen LogP contribution is 2.65. The second-order valence-electron chi connectivity index (χ2n) is 10.1. The maximum atomic E-state index is 13.1. The summed E-state index contributed by atoms with van der Waals surface area (Å²) in [5.74, 6) is 1.53. The molecule has 4 saturated carbocycles. The van der Waals surface area contributed by atoms with Gasteiger partial charge >= 0.3 is 5.69 Å². The lowest BCUT2D eigenvalue weighted by Gasteiger charge is -2.60. The highest BCUT2D eigenvalue weighted by atomic mass is 16.2. The largest absolute Gasteiger partial charge is 0.369 e. The zero-order valence-electron chi connectivity index (χ0n) is 17.9. The van der Waals surface area contributed by atoms with Crippen LogP contribution in [0.5, 0.6) is 0 Å². The zero-order valence-corrected chi connectivity index (χ0v) is 17.9. The molecule has 4 aliphatic rings. The SMILES string of the molecule is CCCn1c(=O)c2[nH]c(C34CC5CC(CC(C(N)=O)(C5)C3)C4)nc2n(CCC)c1=O. The number of imidazole rings is 1. The second kappa shape index (κ2) is 6.56. The van der Waals surface area contributed by atoms with E-state index >= 15 is 0 Å². The summed E-state index contributed by atoms with van der Waals surface area (Å²) in [5.41, 5.74) is 5.48. The summed E-state index contributed by atoms with van der Waals surface area (Å²) in [7, 11) is 0. The molecule has 8 nitrogen and oxygen atoms in total. The average molecular weight is 414 g/mol. The third-order valence-electron chi connectivity index (χ3n) is 7.84. The maximum absolute atomic E-state index is 13.1. The standard InChI is InChI=1S/C22H31N5O3/c1-3-5-26-16-15(17(28)27(6-4-2)20(26)30)24-19(25-16)22-10-13-7-14(11-22)9-21(8-13,12-22)18(23)29/h13-14H,3-12H2,1-2H3,(H2,23,29)(H,24,25). The molecule has 0 spiro atoms. The summed E-state index contributed by atoms with van der Waals surface area (Å²) in [6.45, 7) is 4.88. The van der Waals surface area contributed by atoms with Gasteiger partial charge in [0.1, 0.15) is 11.3 Å². The van der Waals surface area contributed by atoms with Gasteiger partial charge in [0.2, 0.25) is 5.91 Å². The topological polar surface area (TPSA) is 116 Å². The van der Waals surface area contributed by atoms with Gasteiger partial charge in [0.25, 0.3) is 5.56 Å². The number of H-pyrrole nitrogens is 1. The van der Waals surface area contributed by atoms with Gasteiger partial charge in [-0.1, -0.05) is 13.8 Å². The minimum atomic E-state index is -0.450. The van der Waals surface area contributed by atoms with E-state index in [0.29, 0.717) is 48.9 Å². The van der Waals surface area contributed by atoms with Gasteiger partial charge in [-0.25, -0.2) is 9.78 Å². The summed E-state index contributed by atoms with van der Waals surface area (Å²) in [6, 6.07) is 0. The fourth-order valence-electron chi connectivity index (χ4n) is 7.09. The van der Waals surface area contributed by atoms with Crippen molar-refractivity contribution in [3.05, 3.63) is 26.7 Å². The monoisotopic (exact) mass is 413 g/mol. The molecule has 1 amide bonds. The summed E-state index contributed by atoms with van der Waals surface area (Å²) < 4.78 is 2.96. The first kappa shape index (κ1) is 19.6. The number of hydrogen-bond donors (Lipinski definition) is 2. The average Bonchev–Trinajstić information content (AvgIpc) is 3.14. The van der Waals surface area contributed by atoms with Crippen LogP contribution in [0.15, 0.2) is 9.59 Å². The number of carbonyl (C=O) groups excluding carboxylic acids is 1. The highest BCUT2D eigenvalue weighted by molar-refractivity contribution is 5.82. The molecule has 0 radical (unpaired) electrons. The third-order valence-corrected chi connectivity index (χ3v) is 7.84. The van der Waals surface area contributed by atoms with Crippen LogP contribution in [-0.4, -0.2) is 25.0 Å². The van der Waals surface area contributed by atoms with Crippen LogP contribution in [0.1, 0.15) is 71.0 Å². The number of fused-ring (bicyclic) bond motifs is 1. The van der Waals surface area contributed by atoms with Crippen LogP contribution in [-0.2, 0) is 23.3 Å². The van der Waals surface area contributed by atoms with Gasteiger partial charge in [-0.2, -0.15) is 0 Å². The molecule has 3 N–H and O–H groups in total. The van der Waals surface area contributed by atoms with Crippen molar-refractivity contribution in [3.8, 4) is 0 Å². The van der Waals surface area contributed by atoms with Crippen molar-refractivity contribution >= 4 is 17.1 Å². The normalized spacial score (nSPS) is 32.2. The molecule has 6 rings (SSSR count). The Morgan fingerprint density at radius 3 is 2.33 bits per heavy atom. The molecule has 30 heavy (non-hydrogen) atoms. The van der Waals surface area contributed by atoms with Gasteiger partial charge in [-0.05, 0) is 63.2 Å². The van der Waals surface area contributed by atoms with E-state index in [1.807, 2.05) is 13.8 Å². The molecule has 4 fully saturated rings. The second-order valence-corrected chi connectivity index (χ2v) is 10.1. The predicted octanol–water partition coefficient (Wildman–Crippen LogP) is 2.03. The van der Waals surface area contributed by atoms with E-state index in [2.05, 4.69) is 4.98 Å². The third kappa shape index (κ3) is 2.58. The Kier molecular flexibility index (Phi) is 4.28. The van der Waals surface area contributed by atoms with Crippen LogP contribution in [0.3, 0.4) is 0 Å². The van der Waals surface area contributed by atoms with E-state index in [0.717, 1.165) is 44.3 Å². The molecule has 4 bridgehead atoms. The fraction of sp³-hybridized carbons (Fsp3) is 0.727. The molecule has 162 valence electrons. The molecular formula is C22H31N5O3. The Morgan fingerprint density at radius 2 is 1.73 bits per heavy atom. The number of nitrogens with zero attached hydrogens (tertiary/aromatic N) is 3. The summed E-state index contributed by atoms with van der Waals surface area (Å²) in [6.07, 6.45) is 7.04. The number of hydrogen-bond acceptors (Lipinski definition) is 4. The number of aryl methyl sites for hydroxylation is 1. The molecule has 4 aliphatic carbocycles. The molecule has 8 heteroatoms. The van der Waals surface area contributed by atoms with Crippen LogP contribution in [0.25, 0.3) is 11.2 Å². The van der Waals surface area contributed by atoms with E-state index in [9.17, 15) is 14.4 Å².